The van der Waals surface area contributed by atoms with Crippen molar-refractivity contribution >= 4 is 5.91 Å². The van der Waals surface area contributed by atoms with Crippen molar-refractivity contribution in [3.8, 4) is 0 Å². The molecule has 5 heteroatoms. The second kappa shape index (κ2) is 4.92. The van der Waals surface area contributed by atoms with Gasteiger partial charge in [0, 0.05) is 44.3 Å². The van der Waals surface area contributed by atoms with Crippen LogP contribution in [0.1, 0.15) is 19.3 Å². The zero-order valence-corrected chi connectivity index (χ0v) is 10.8. The fourth-order valence-electron chi connectivity index (χ4n) is 2.81. The van der Waals surface area contributed by atoms with Gasteiger partial charge in [-0.05, 0) is 26.9 Å². The van der Waals surface area contributed by atoms with Crippen LogP contribution in [0.15, 0.2) is 0 Å². The lowest BCUT2D eigenvalue weighted by Crippen LogP contribution is -2.56. The highest BCUT2D eigenvalue weighted by Gasteiger charge is 2.39. The van der Waals surface area contributed by atoms with Crippen molar-refractivity contribution < 1.29 is 9.53 Å². The van der Waals surface area contributed by atoms with Crippen LogP contribution in [-0.2, 0) is 9.53 Å². The molecule has 0 bridgehead atoms. The molecule has 0 saturated carbocycles. The predicted molar refractivity (Wildman–Crippen MR) is 65.6 cm³/mol. The molecule has 0 aromatic rings. The molecule has 1 amide bonds. The van der Waals surface area contributed by atoms with Crippen molar-refractivity contribution in [3.05, 3.63) is 0 Å². The molecule has 0 aliphatic carbocycles. The van der Waals surface area contributed by atoms with Gasteiger partial charge in [-0.3, -0.25) is 4.79 Å². The first-order valence-corrected chi connectivity index (χ1v) is 6.32. The molecule has 17 heavy (non-hydrogen) atoms. The van der Waals surface area contributed by atoms with E-state index in [0.717, 1.165) is 32.6 Å². The summed E-state index contributed by atoms with van der Waals surface area (Å²) in [6.07, 6.45) is 2.47. The molecule has 2 aliphatic rings. The summed E-state index contributed by atoms with van der Waals surface area (Å²) in [7, 11) is 4.18. The Bertz CT molecular complexity index is 287. The lowest BCUT2D eigenvalue weighted by molar-refractivity contribution is -0.130. The van der Waals surface area contributed by atoms with Crippen LogP contribution >= 0.6 is 0 Å². The van der Waals surface area contributed by atoms with Crippen LogP contribution in [0, 0.1) is 0 Å². The zero-order valence-electron chi connectivity index (χ0n) is 10.8. The molecule has 2 heterocycles. The standard InChI is InChI=1S/C12H23N3O2/c1-14(2)12(3-5-17-6-4-12)9-15-8-10(13)7-11(15)16/h10H,3-9,13H2,1-2H3. The van der Waals surface area contributed by atoms with Gasteiger partial charge in [-0.1, -0.05) is 0 Å². The first kappa shape index (κ1) is 12.8. The van der Waals surface area contributed by atoms with Crippen LogP contribution in [0.3, 0.4) is 0 Å². The summed E-state index contributed by atoms with van der Waals surface area (Å²) in [5, 5.41) is 0. The van der Waals surface area contributed by atoms with Gasteiger partial charge in [-0.15, -0.1) is 0 Å². The van der Waals surface area contributed by atoms with Crippen LogP contribution in [0.5, 0.6) is 0 Å². The maximum atomic E-state index is 11.8. The third kappa shape index (κ3) is 2.61. The van der Waals surface area contributed by atoms with Crippen molar-refractivity contribution in [2.75, 3.05) is 40.4 Å². The van der Waals surface area contributed by atoms with Crippen LogP contribution < -0.4 is 5.73 Å². The Balaban J connectivity index is 2.05. The maximum absolute atomic E-state index is 11.8. The number of likely N-dealkylation sites (N-methyl/N-ethyl adjacent to an activating group) is 1. The average Bonchev–Trinajstić information content (AvgIpc) is 2.58. The van der Waals surface area contributed by atoms with Crippen LogP contribution in [0.4, 0.5) is 0 Å². The minimum atomic E-state index is 0.0153. The summed E-state index contributed by atoms with van der Waals surface area (Å²) in [5.41, 5.74) is 5.91. The molecule has 98 valence electrons. The first-order chi connectivity index (χ1) is 8.03. The zero-order chi connectivity index (χ0) is 12.5. The van der Waals surface area contributed by atoms with E-state index in [-0.39, 0.29) is 17.5 Å². The monoisotopic (exact) mass is 241 g/mol. The maximum Gasteiger partial charge on any atom is 0.224 e. The van der Waals surface area contributed by atoms with E-state index in [1.165, 1.54) is 0 Å². The summed E-state index contributed by atoms with van der Waals surface area (Å²) < 4.78 is 5.43. The summed E-state index contributed by atoms with van der Waals surface area (Å²) >= 11 is 0. The Morgan fingerprint density at radius 1 is 1.47 bits per heavy atom. The Hall–Kier alpha value is -0.650. The SMILES string of the molecule is CN(C)C1(CN2CC(N)CC2=O)CCOCC1. The number of rotatable bonds is 3. The molecule has 2 rings (SSSR count). The van der Waals surface area contributed by atoms with Gasteiger partial charge in [0.1, 0.15) is 0 Å². The number of hydrogen-bond donors (Lipinski definition) is 1. The fraction of sp³-hybridized carbons (Fsp3) is 0.917. The van der Waals surface area contributed by atoms with Crippen molar-refractivity contribution in [1.29, 1.82) is 0 Å². The molecule has 2 aliphatic heterocycles. The lowest BCUT2D eigenvalue weighted by Gasteiger charge is -2.45. The van der Waals surface area contributed by atoms with Crippen LogP contribution in [0.25, 0.3) is 0 Å². The van der Waals surface area contributed by atoms with Gasteiger partial charge in [-0.2, -0.15) is 0 Å². The Kier molecular flexibility index (Phi) is 3.70. The number of nitrogens with zero attached hydrogens (tertiary/aromatic N) is 2. The quantitative estimate of drug-likeness (QED) is 0.734. The minimum absolute atomic E-state index is 0.0153. The third-order valence-electron chi connectivity index (χ3n) is 4.10. The molecule has 0 aromatic carbocycles. The summed E-state index contributed by atoms with van der Waals surface area (Å²) in [6, 6.07) is 0.0153. The van der Waals surface area contributed by atoms with Gasteiger partial charge >= 0.3 is 0 Å². The van der Waals surface area contributed by atoms with E-state index in [4.69, 9.17) is 10.5 Å². The summed E-state index contributed by atoms with van der Waals surface area (Å²) in [5.74, 6) is 0.199. The molecule has 0 aromatic heterocycles. The predicted octanol–water partition coefficient (Wildman–Crippen LogP) is -0.343. The number of nitrogens with two attached hydrogens (primary N) is 1. The average molecular weight is 241 g/mol. The second-order valence-corrected chi connectivity index (χ2v) is 5.47. The highest BCUT2D eigenvalue weighted by Crippen LogP contribution is 2.28. The number of carbonyl (C=O) groups is 1. The molecular weight excluding hydrogens is 218 g/mol. The number of carbonyl (C=O) groups excluding carboxylic acids is 1. The van der Waals surface area contributed by atoms with Crippen LogP contribution in [-0.4, -0.2) is 67.7 Å². The highest BCUT2D eigenvalue weighted by atomic mass is 16.5. The summed E-state index contributed by atoms with van der Waals surface area (Å²) in [4.78, 5) is 16.0. The normalized spacial score (nSPS) is 29.1. The first-order valence-electron chi connectivity index (χ1n) is 6.32. The van der Waals surface area contributed by atoms with Gasteiger partial charge in [0.15, 0.2) is 0 Å². The van der Waals surface area contributed by atoms with Gasteiger partial charge in [0.05, 0.1) is 0 Å². The fourth-order valence-corrected chi connectivity index (χ4v) is 2.81. The second-order valence-electron chi connectivity index (χ2n) is 5.47. The van der Waals surface area contributed by atoms with E-state index in [9.17, 15) is 4.79 Å². The molecule has 2 fully saturated rings. The number of likely N-dealkylation sites (tertiary alicyclic amines) is 1. The van der Waals surface area contributed by atoms with Gasteiger partial charge < -0.3 is 20.3 Å². The summed E-state index contributed by atoms with van der Waals surface area (Å²) in [6.45, 7) is 3.06. The Labute approximate surface area is 103 Å². The van der Waals surface area contributed by atoms with Crippen molar-refractivity contribution in [1.82, 2.24) is 9.80 Å². The molecule has 2 N–H and O–H groups in total. The Morgan fingerprint density at radius 3 is 2.59 bits per heavy atom. The highest BCUT2D eigenvalue weighted by molar-refractivity contribution is 5.79. The smallest absolute Gasteiger partial charge is 0.224 e. The molecule has 0 spiro atoms. The van der Waals surface area contributed by atoms with Crippen molar-refractivity contribution in [2.24, 2.45) is 5.73 Å². The van der Waals surface area contributed by atoms with E-state index >= 15 is 0 Å². The molecular formula is C12H23N3O2. The molecule has 0 radical (unpaired) electrons. The number of hydrogen-bond acceptors (Lipinski definition) is 4. The topological polar surface area (TPSA) is 58.8 Å². The van der Waals surface area contributed by atoms with Crippen molar-refractivity contribution in [2.45, 2.75) is 30.8 Å². The van der Waals surface area contributed by atoms with Crippen LogP contribution in [0.2, 0.25) is 0 Å². The number of amides is 1. The van der Waals surface area contributed by atoms with E-state index < -0.39 is 0 Å². The van der Waals surface area contributed by atoms with Gasteiger partial charge in [-0.25, -0.2) is 0 Å². The van der Waals surface area contributed by atoms with E-state index in [0.29, 0.717) is 13.0 Å². The Morgan fingerprint density at radius 2 is 2.12 bits per heavy atom. The van der Waals surface area contributed by atoms with E-state index in [2.05, 4.69) is 19.0 Å². The number of ether oxygens (including phenoxy) is 1. The molecule has 1 atom stereocenters. The van der Waals surface area contributed by atoms with E-state index in [1.54, 1.807) is 0 Å². The lowest BCUT2D eigenvalue weighted by atomic mass is 9.88. The van der Waals surface area contributed by atoms with Gasteiger partial charge in [0.25, 0.3) is 0 Å². The van der Waals surface area contributed by atoms with Crippen molar-refractivity contribution in [3.63, 3.8) is 0 Å². The molecule has 2 saturated heterocycles. The van der Waals surface area contributed by atoms with Gasteiger partial charge in [0.2, 0.25) is 5.91 Å². The van der Waals surface area contributed by atoms with E-state index in [1.807, 2.05) is 4.90 Å². The third-order valence-corrected chi connectivity index (χ3v) is 4.10. The molecule has 5 nitrogen and oxygen atoms in total. The molecule has 1 unspecified atom stereocenters. The minimum Gasteiger partial charge on any atom is -0.381 e. The largest absolute Gasteiger partial charge is 0.381 e.